The molecule has 0 aliphatic rings. The first kappa shape index (κ1) is 19.4. The Balaban J connectivity index is 1.87. The van der Waals surface area contributed by atoms with Crippen molar-refractivity contribution in [1.82, 2.24) is 4.57 Å². The van der Waals surface area contributed by atoms with Gasteiger partial charge in [0.05, 0.1) is 39.5 Å². The number of nitrogens with one attached hydrogen (secondary N) is 1. The summed E-state index contributed by atoms with van der Waals surface area (Å²) in [5, 5.41) is 2.94. The Hall–Kier alpha value is -3.41. The van der Waals surface area contributed by atoms with Crippen LogP contribution in [0.3, 0.4) is 0 Å². The summed E-state index contributed by atoms with van der Waals surface area (Å²) in [4.78, 5) is 12.9. The van der Waals surface area contributed by atoms with Crippen molar-refractivity contribution in [2.45, 2.75) is 12.5 Å². The summed E-state index contributed by atoms with van der Waals surface area (Å²) in [7, 11) is 4.78. The number of carbonyl (C=O) groups excluding carboxylic acids is 1. The van der Waals surface area contributed by atoms with Crippen LogP contribution in [-0.4, -0.2) is 31.8 Å². The van der Waals surface area contributed by atoms with Crippen LogP contribution in [0.5, 0.6) is 17.2 Å². The predicted octanol–water partition coefficient (Wildman–Crippen LogP) is 4.13. The minimum Gasteiger partial charge on any atom is -0.497 e. The van der Waals surface area contributed by atoms with Gasteiger partial charge in [0.25, 0.3) is 0 Å². The SMILES string of the molecule is COc1ccc(OC)c(NC(=O)C[C@H](c2ccccc2OC)n2cccc2)c1. The normalized spacial score (nSPS) is 11.5. The maximum atomic E-state index is 12.9. The van der Waals surface area contributed by atoms with Gasteiger partial charge < -0.3 is 24.1 Å². The molecular weight excluding hydrogens is 356 g/mol. The van der Waals surface area contributed by atoms with Crippen LogP contribution in [0.2, 0.25) is 0 Å². The Bertz CT molecular complexity index is 922. The second kappa shape index (κ2) is 8.99. The summed E-state index contributed by atoms with van der Waals surface area (Å²) in [6.07, 6.45) is 4.11. The fraction of sp³-hybridized carbons (Fsp3) is 0.227. The molecule has 0 aliphatic heterocycles. The van der Waals surface area contributed by atoms with Crippen LogP contribution < -0.4 is 19.5 Å². The van der Waals surface area contributed by atoms with E-state index in [4.69, 9.17) is 14.2 Å². The van der Waals surface area contributed by atoms with Gasteiger partial charge in [-0.1, -0.05) is 18.2 Å². The highest BCUT2D eigenvalue weighted by atomic mass is 16.5. The lowest BCUT2D eigenvalue weighted by Crippen LogP contribution is -2.20. The minimum atomic E-state index is -0.206. The van der Waals surface area contributed by atoms with Gasteiger partial charge in [-0.3, -0.25) is 4.79 Å². The van der Waals surface area contributed by atoms with Crippen molar-refractivity contribution in [2.24, 2.45) is 0 Å². The minimum absolute atomic E-state index is 0.142. The summed E-state index contributed by atoms with van der Waals surface area (Å²) in [6.45, 7) is 0. The van der Waals surface area contributed by atoms with Gasteiger partial charge in [0.1, 0.15) is 17.2 Å². The van der Waals surface area contributed by atoms with Crippen molar-refractivity contribution in [2.75, 3.05) is 26.6 Å². The molecule has 0 aliphatic carbocycles. The summed E-state index contributed by atoms with van der Waals surface area (Å²) in [6, 6.07) is 16.7. The molecule has 2 aromatic carbocycles. The molecule has 0 spiro atoms. The number of nitrogens with zero attached hydrogens (tertiary/aromatic N) is 1. The Labute approximate surface area is 164 Å². The van der Waals surface area contributed by atoms with Crippen molar-refractivity contribution >= 4 is 11.6 Å². The van der Waals surface area contributed by atoms with Crippen LogP contribution in [0.4, 0.5) is 5.69 Å². The van der Waals surface area contributed by atoms with Crippen LogP contribution in [0.15, 0.2) is 67.0 Å². The third-order valence-corrected chi connectivity index (χ3v) is 4.54. The van der Waals surface area contributed by atoms with E-state index in [-0.39, 0.29) is 18.4 Å². The van der Waals surface area contributed by atoms with Crippen LogP contribution in [0.25, 0.3) is 0 Å². The summed E-state index contributed by atoms with van der Waals surface area (Å²) < 4.78 is 18.1. The van der Waals surface area contributed by atoms with E-state index >= 15 is 0 Å². The Morgan fingerprint density at radius 3 is 2.32 bits per heavy atom. The van der Waals surface area contributed by atoms with E-state index in [0.29, 0.717) is 17.2 Å². The molecule has 1 heterocycles. The molecule has 0 radical (unpaired) electrons. The summed E-state index contributed by atoms with van der Waals surface area (Å²) >= 11 is 0. The molecule has 3 aromatic rings. The second-order valence-electron chi connectivity index (χ2n) is 6.21. The quantitative estimate of drug-likeness (QED) is 0.638. The maximum absolute atomic E-state index is 12.9. The van der Waals surface area contributed by atoms with Crippen molar-refractivity contribution in [3.63, 3.8) is 0 Å². The van der Waals surface area contributed by atoms with Gasteiger partial charge in [-0.05, 0) is 30.3 Å². The van der Waals surface area contributed by atoms with Gasteiger partial charge in [-0.2, -0.15) is 0 Å². The highest BCUT2D eigenvalue weighted by Gasteiger charge is 2.21. The molecule has 1 amide bonds. The molecule has 6 nitrogen and oxygen atoms in total. The molecule has 1 N–H and O–H groups in total. The molecule has 6 heteroatoms. The zero-order valence-electron chi connectivity index (χ0n) is 16.2. The van der Waals surface area contributed by atoms with Gasteiger partial charge in [0.15, 0.2) is 0 Å². The van der Waals surface area contributed by atoms with Crippen molar-refractivity contribution in [1.29, 1.82) is 0 Å². The van der Waals surface area contributed by atoms with Gasteiger partial charge in [0, 0.05) is 24.0 Å². The van der Waals surface area contributed by atoms with Crippen molar-refractivity contribution in [3.8, 4) is 17.2 Å². The lowest BCUT2D eigenvalue weighted by Gasteiger charge is -2.22. The van der Waals surface area contributed by atoms with Gasteiger partial charge in [0.2, 0.25) is 5.91 Å². The standard InChI is InChI=1S/C22H24N2O4/c1-26-16-10-11-21(28-3)18(14-16)23-22(25)15-19(24-12-6-7-13-24)17-8-4-5-9-20(17)27-2/h4-14,19H,15H2,1-3H3,(H,23,25)/t19-/m1/s1. The van der Waals surface area contributed by atoms with E-state index in [0.717, 1.165) is 11.3 Å². The molecule has 0 saturated carbocycles. The zero-order valence-corrected chi connectivity index (χ0v) is 16.2. The van der Waals surface area contributed by atoms with Gasteiger partial charge in [-0.25, -0.2) is 0 Å². The fourth-order valence-corrected chi connectivity index (χ4v) is 3.16. The topological polar surface area (TPSA) is 61.7 Å². The molecule has 3 rings (SSSR count). The first-order valence-electron chi connectivity index (χ1n) is 8.93. The first-order chi connectivity index (χ1) is 13.7. The average molecular weight is 380 g/mol. The molecule has 1 aromatic heterocycles. The van der Waals surface area contributed by atoms with Crippen LogP contribution in [-0.2, 0) is 4.79 Å². The predicted molar refractivity (Wildman–Crippen MR) is 108 cm³/mol. The molecule has 28 heavy (non-hydrogen) atoms. The number of hydrogen-bond acceptors (Lipinski definition) is 4. The second-order valence-corrected chi connectivity index (χ2v) is 6.21. The summed E-state index contributed by atoms with van der Waals surface area (Å²) in [5.41, 5.74) is 1.51. The number of anilines is 1. The molecule has 0 saturated heterocycles. The lowest BCUT2D eigenvalue weighted by molar-refractivity contribution is -0.116. The first-order valence-corrected chi connectivity index (χ1v) is 8.93. The van der Waals surface area contributed by atoms with Crippen LogP contribution >= 0.6 is 0 Å². The molecule has 1 atom stereocenters. The number of benzene rings is 2. The Morgan fingerprint density at radius 2 is 1.64 bits per heavy atom. The van der Waals surface area contributed by atoms with Crippen molar-refractivity contribution < 1.29 is 19.0 Å². The van der Waals surface area contributed by atoms with Crippen LogP contribution in [0, 0.1) is 0 Å². The molecule has 0 fully saturated rings. The smallest absolute Gasteiger partial charge is 0.226 e. The van der Waals surface area contributed by atoms with E-state index in [1.807, 2.05) is 53.4 Å². The highest BCUT2D eigenvalue weighted by molar-refractivity contribution is 5.93. The number of amides is 1. The monoisotopic (exact) mass is 380 g/mol. The Kier molecular flexibility index (Phi) is 6.22. The highest BCUT2D eigenvalue weighted by Crippen LogP contribution is 2.32. The van der Waals surface area contributed by atoms with Crippen molar-refractivity contribution in [3.05, 3.63) is 72.6 Å². The number of methoxy groups -OCH3 is 3. The third-order valence-electron chi connectivity index (χ3n) is 4.54. The van der Waals surface area contributed by atoms with E-state index in [9.17, 15) is 4.79 Å². The fourth-order valence-electron chi connectivity index (χ4n) is 3.16. The summed E-state index contributed by atoms with van der Waals surface area (Å²) in [5.74, 6) is 1.82. The number of carbonyl (C=O) groups is 1. The number of rotatable bonds is 8. The number of ether oxygens (including phenoxy) is 3. The third kappa shape index (κ3) is 4.28. The Morgan fingerprint density at radius 1 is 0.929 bits per heavy atom. The molecule has 146 valence electrons. The molecular formula is C22H24N2O4. The van der Waals surface area contributed by atoms with E-state index in [1.165, 1.54) is 0 Å². The number of aromatic nitrogens is 1. The lowest BCUT2D eigenvalue weighted by atomic mass is 10.0. The average Bonchev–Trinajstić information content (AvgIpc) is 3.26. The largest absolute Gasteiger partial charge is 0.497 e. The zero-order chi connectivity index (χ0) is 19.9. The van der Waals surface area contributed by atoms with Gasteiger partial charge in [-0.15, -0.1) is 0 Å². The number of hydrogen-bond donors (Lipinski definition) is 1. The maximum Gasteiger partial charge on any atom is 0.226 e. The van der Waals surface area contributed by atoms with E-state index in [2.05, 4.69) is 5.32 Å². The molecule has 0 unspecified atom stereocenters. The molecule has 0 bridgehead atoms. The van der Waals surface area contributed by atoms with E-state index < -0.39 is 0 Å². The van der Waals surface area contributed by atoms with Gasteiger partial charge >= 0.3 is 0 Å². The number of para-hydroxylation sites is 1. The van der Waals surface area contributed by atoms with E-state index in [1.54, 1.807) is 39.5 Å². The van der Waals surface area contributed by atoms with Crippen LogP contribution in [0.1, 0.15) is 18.0 Å².